The Morgan fingerprint density at radius 3 is 2.57 bits per heavy atom. The van der Waals surface area contributed by atoms with Gasteiger partial charge in [-0.05, 0) is 41.9 Å². The summed E-state index contributed by atoms with van der Waals surface area (Å²) in [5.41, 5.74) is 2.44. The number of anilines is 1. The van der Waals surface area contributed by atoms with Crippen LogP contribution in [0.2, 0.25) is 0 Å². The van der Waals surface area contributed by atoms with Crippen LogP contribution < -0.4 is 4.72 Å². The first kappa shape index (κ1) is 19.5. The summed E-state index contributed by atoms with van der Waals surface area (Å²) in [6.07, 6.45) is 1.44. The van der Waals surface area contributed by atoms with Crippen molar-refractivity contribution in [2.24, 2.45) is 23.2 Å². The van der Waals surface area contributed by atoms with Crippen LogP contribution in [-0.2, 0) is 20.2 Å². The number of sulfonamides is 1. The van der Waals surface area contributed by atoms with Gasteiger partial charge in [0.15, 0.2) is 0 Å². The van der Waals surface area contributed by atoms with Crippen LogP contribution in [-0.4, -0.2) is 24.9 Å². The molecule has 2 aromatic rings. The number of ketones is 1. The summed E-state index contributed by atoms with van der Waals surface area (Å²) in [5.74, 6) is 0.339. The number of hydrogen-bond donors (Lipinski definition) is 2. The standard InChI is InChI=1S/C22H30N2O3S/c1-21(2,3)19-11-15-16(23-19)7-6-8-17(15)24-28(26,27)12-13-9-14-10-18(25)20(13)22(14,4)5/h6-8,11,13-14,20,23-24H,9-10,12H2,1-5H3/t13-,14?,20?/m1/s1. The van der Waals surface area contributed by atoms with Crippen molar-refractivity contribution in [3.8, 4) is 0 Å². The lowest BCUT2D eigenvalue weighted by atomic mass is 9.80. The zero-order valence-electron chi connectivity index (χ0n) is 17.3. The fourth-order valence-electron chi connectivity index (χ4n) is 5.36. The number of aromatic amines is 1. The molecule has 1 heterocycles. The highest BCUT2D eigenvalue weighted by Crippen LogP contribution is 2.58. The van der Waals surface area contributed by atoms with Gasteiger partial charge in [-0.1, -0.05) is 40.7 Å². The summed E-state index contributed by atoms with van der Waals surface area (Å²) < 4.78 is 28.7. The van der Waals surface area contributed by atoms with E-state index in [2.05, 4.69) is 44.3 Å². The van der Waals surface area contributed by atoms with E-state index in [0.29, 0.717) is 18.0 Å². The second-order valence-electron chi connectivity index (χ2n) is 10.2. The predicted octanol–water partition coefficient (Wildman–Crippen LogP) is 4.46. The maximum absolute atomic E-state index is 13.0. The van der Waals surface area contributed by atoms with Gasteiger partial charge >= 0.3 is 0 Å². The second-order valence-corrected chi connectivity index (χ2v) is 12.0. The Kier molecular flexibility index (Phi) is 4.24. The number of carbonyl (C=O) groups is 1. The Morgan fingerprint density at radius 2 is 1.96 bits per heavy atom. The molecule has 6 heteroatoms. The van der Waals surface area contributed by atoms with Gasteiger partial charge in [0.1, 0.15) is 5.78 Å². The summed E-state index contributed by atoms with van der Waals surface area (Å²) in [4.78, 5) is 15.8. The predicted molar refractivity (Wildman–Crippen MR) is 113 cm³/mol. The number of nitrogens with one attached hydrogen (secondary N) is 2. The summed E-state index contributed by atoms with van der Waals surface area (Å²) in [5, 5.41) is 0.875. The van der Waals surface area contributed by atoms with E-state index in [4.69, 9.17) is 0 Å². The lowest BCUT2D eigenvalue weighted by molar-refractivity contribution is -0.123. The third-order valence-electron chi connectivity index (χ3n) is 6.88. The Bertz CT molecular complexity index is 1040. The minimum Gasteiger partial charge on any atom is -0.358 e. The average Bonchev–Trinajstić information content (AvgIpc) is 3.13. The molecule has 1 aromatic carbocycles. The van der Waals surface area contributed by atoms with Crippen LogP contribution in [0.15, 0.2) is 24.3 Å². The molecule has 0 radical (unpaired) electrons. The highest BCUT2D eigenvalue weighted by molar-refractivity contribution is 7.92. The van der Waals surface area contributed by atoms with E-state index < -0.39 is 10.0 Å². The van der Waals surface area contributed by atoms with E-state index in [1.807, 2.05) is 18.2 Å². The minimum atomic E-state index is -3.55. The summed E-state index contributed by atoms with van der Waals surface area (Å²) in [6, 6.07) is 7.64. The molecule has 4 rings (SSSR count). The van der Waals surface area contributed by atoms with Gasteiger partial charge in [0, 0.05) is 34.4 Å². The molecule has 2 fully saturated rings. The van der Waals surface area contributed by atoms with Gasteiger partial charge in [-0.2, -0.15) is 0 Å². The molecular weight excluding hydrogens is 372 g/mol. The molecule has 152 valence electrons. The largest absolute Gasteiger partial charge is 0.358 e. The summed E-state index contributed by atoms with van der Waals surface area (Å²) in [7, 11) is -3.55. The van der Waals surface area contributed by atoms with E-state index in [-0.39, 0.29) is 34.2 Å². The average molecular weight is 403 g/mol. The fraction of sp³-hybridized carbons (Fsp3) is 0.591. The molecule has 1 aromatic heterocycles. The van der Waals surface area contributed by atoms with Gasteiger partial charge in [0.05, 0.1) is 11.4 Å². The zero-order chi connectivity index (χ0) is 20.5. The van der Waals surface area contributed by atoms with Gasteiger partial charge in [0.25, 0.3) is 0 Å². The molecule has 2 aliphatic carbocycles. The number of fused-ring (bicyclic) bond motifs is 3. The Morgan fingerprint density at radius 1 is 1.25 bits per heavy atom. The molecule has 3 atom stereocenters. The van der Waals surface area contributed by atoms with E-state index in [0.717, 1.165) is 23.0 Å². The third-order valence-corrected chi connectivity index (χ3v) is 8.28. The minimum absolute atomic E-state index is 0.0102. The van der Waals surface area contributed by atoms with Crippen LogP contribution >= 0.6 is 0 Å². The first-order valence-corrected chi connectivity index (χ1v) is 11.7. The normalized spacial score (nSPS) is 26.9. The van der Waals surface area contributed by atoms with E-state index in [1.54, 1.807) is 6.07 Å². The molecule has 0 saturated heterocycles. The first-order valence-electron chi connectivity index (χ1n) is 10.0. The van der Waals surface area contributed by atoms with Crippen LogP contribution in [0, 0.1) is 23.2 Å². The number of rotatable bonds is 4. The van der Waals surface area contributed by atoms with Crippen molar-refractivity contribution in [2.75, 3.05) is 10.5 Å². The van der Waals surface area contributed by atoms with Gasteiger partial charge in [-0.3, -0.25) is 9.52 Å². The zero-order valence-corrected chi connectivity index (χ0v) is 18.1. The monoisotopic (exact) mass is 402 g/mol. The van der Waals surface area contributed by atoms with Gasteiger partial charge in [-0.25, -0.2) is 8.42 Å². The van der Waals surface area contributed by atoms with Crippen LogP contribution in [0.3, 0.4) is 0 Å². The number of carbonyl (C=O) groups excluding carboxylic acids is 1. The first-order chi connectivity index (χ1) is 12.9. The van der Waals surface area contributed by atoms with E-state index in [1.165, 1.54) is 0 Å². The third kappa shape index (κ3) is 3.15. The number of H-pyrrole nitrogens is 1. The topological polar surface area (TPSA) is 79.0 Å². The number of Topliss-reactive ketones (excluding diaryl/α,β-unsaturated/α-hetero) is 1. The maximum atomic E-state index is 13.0. The highest BCUT2D eigenvalue weighted by Gasteiger charge is 2.58. The van der Waals surface area contributed by atoms with Crippen molar-refractivity contribution in [3.05, 3.63) is 30.0 Å². The number of hydrogen-bond acceptors (Lipinski definition) is 3. The van der Waals surface area contributed by atoms with Crippen LogP contribution in [0.5, 0.6) is 0 Å². The fourth-order valence-corrected chi connectivity index (χ4v) is 6.85. The molecule has 2 saturated carbocycles. The molecule has 0 amide bonds. The van der Waals surface area contributed by atoms with Crippen LogP contribution in [0.25, 0.3) is 10.9 Å². The van der Waals surface area contributed by atoms with Crippen molar-refractivity contribution in [2.45, 2.75) is 52.9 Å². The molecule has 28 heavy (non-hydrogen) atoms. The molecule has 2 N–H and O–H groups in total. The Labute approximate surface area is 167 Å². The maximum Gasteiger partial charge on any atom is 0.233 e. The van der Waals surface area contributed by atoms with Crippen LogP contribution in [0.1, 0.15) is 53.2 Å². The summed E-state index contributed by atoms with van der Waals surface area (Å²) in [6.45, 7) is 10.6. The molecular formula is C22H30N2O3S. The van der Waals surface area contributed by atoms with Gasteiger partial charge in [-0.15, -0.1) is 0 Å². The van der Waals surface area contributed by atoms with Crippen molar-refractivity contribution in [1.29, 1.82) is 0 Å². The van der Waals surface area contributed by atoms with Crippen molar-refractivity contribution in [3.63, 3.8) is 0 Å². The lowest BCUT2D eigenvalue weighted by Gasteiger charge is -2.25. The highest BCUT2D eigenvalue weighted by atomic mass is 32.2. The molecule has 2 unspecified atom stereocenters. The molecule has 5 nitrogen and oxygen atoms in total. The number of aromatic nitrogens is 1. The molecule has 0 spiro atoms. The molecule has 0 aliphatic heterocycles. The van der Waals surface area contributed by atoms with Crippen molar-refractivity contribution >= 4 is 32.4 Å². The second kappa shape index (κ2) is 6.09. The SMILES string of the molecule is CC(C)(C)c1cc2c(NS(=O)(=O)C[C@H]3CC4CC(=O)C3C4(C)C)cccc2[nH]1. The number of benzene rings is 1. The van der Waals surface area contributed by atoms with Crippen molar-refractivity contribution in [1.82, 2.24) is 4.98 Å². The quantitative estimate of drug-likeness (QED) is 0.792. The van der Waals surface area contributed by atoms with Gasteiger partial charge in [0.2, 0.25) is 10.0 Å². The smallest absolute Gasteiger partial charge is 0.233 e. The van der Waals surface area contributed by atoms with Crippen LogP contribution in [0.4, 0.5) is 5.69 Å². The lowest BCUT2D eigenvalue weighted by Crippen LogP contribution is -2.32. The summed E-state index contributed by atoms with van der Waals surface area (Å²) >= 11 is 0. The molecule has 2 aliphatic rings. The Balaban J connectivity index is 1.59. The van der Waals surface area contributed by atoms with Gasteiger partial charge < -0.3 is 4.98 Å². The van der Waals surface area contributed by atoms with E-state index in [9.17, 15) is 13.2 Å². The van der Waals surface area contributed by atoms with Crippen molar-refractivity contribution < 1.29 is 13.2 Å². The van der Waals surface area contributed by atoms with E-state index >= 15 is 0 Å². The Hall–Kier alpha value is -1.82. The molecule has 2 bridgehead atoms.